The quantitative estimate of drug-likeness (QED) is 0.407. The number of nitrogens with zero attached hydrogens (tertiary/aromatic N) is 2. The molecule has 0 atom stereocenters. The predicted molar refractivity (Wildman–Crippen MR) is 114 cm³/mol. The number of ether oxygens (including phenoxy) is 1. The molecular formula is C24H19N3O. The molecule has 3 aromatic carbocycles. The first-order valence-electron chi connectivity index (χ1n) is 9.19. The van der Waals surface area contributed by atoms with E-state index in [1.54, 1.807) is 0 Å². The van der Waals surface area contributed by atoms with E-state index >= 15 is 0 Å². The normalized spacial score (nSPS) is 11.2. The molecule has 0 spiro atoms. The van der Waals surface area contributed by atoms with Crippen molar-refractivity contribution in [2.24, 2.45) is 0 Å². The van der Waals surface area contributed by atoms with Gasteiger partial charge in [-0.3, -0.25) is 4.57 Å². The predicted octanol–water partition coefficient (Wildman–Crippen LogP) is 5.86. The fourth-order valence-corrected chi connectivity index (χ4v) is 3.60. The molecule has 0 unspecified atom stereocenters. The molecule has 0 saturated heterocycles. The van der Waals surface area contributed by atoms with Crippen LogP contribution in [0.5, 0.6) is 11.5 Å². The van der Waals surface area contributed by atoms with Crippen LogP contribution in [-0.4, -0.2) is 9.55 Å². The van der Waals surface area contributed by atoms with Crippen LogP contribution < -0.4 is 10.5 Å². The molecule has 0 saturated carbocycles. The van der Waals surface area contributed by atoms with Crippen molar-refractivity contribution in [1.29, 1.82) is 0 Å². The largest absolute Gasteiger partial charge is 0.457 e. The lowest BCUT2D eigenvalue weighted by atomic mass is 10.1. The van der Waals surface area contributed by atoms with E-state index in [9.17, 15) is 0 Å². The summed E-state index contributed by atoms with van der Waals surface area (Å²) in [5, 5.41) is 2.35. The number of para-hydroxylation sites is 1. The molecule has 0 bridgehead atoms. The molecule has 0 radical (unpaired) electrons. The van der Waals surface area contributed by atoms with Crippen molar-refractivity contribution in [3.63, 3.8) is 0 Å². The second-order valence-electron chi connectivity index (χ2n) is 6.85. The fraction of sp³-hybridized carbons (Fsp3) is 0.0417. The van der Waals surface area contributed by atoms with Crippen LogP contribution >= 0.6 is 0 Å². The van der Waals surface area contributed by atoms with Gasteiger partial charge in [-0.1, -0.05) is 30.3 Å². The Bertz CT molecular complexity index is 1310. The molecule has 0 amide bonds. The van der Waals surface area contributed by atoms with Gasteiger partial charge in [0.15, 0.2) is 0 Å². The second kappa shape index (κ2) is 6.43. The summed E-state index contributed by atoms with van der Waals surface area (Å²) in [7, 11) is 0. The lowest BCUT2D eigenvalue weighted by Gasteiger charge is -2.11. The summed E-state index contributed by atoms with van der Waals surface area (Å²) in [6.45, 7) is 2.01. The smallest absolute Gasteiger partial charge is 0.137 e. The van der Waals surface area contributed by atoms with Crippen molar-refractivity contribution < 1.29 is 4.74 Å². The number of aryl methyl sites for hydroxylation is 1. The minimum Gasteiger partial charge on any atom is -0.457 e. The molecule has 28 heavy (non-hydrogen) atoms. The summed E-state index contributed by atoms with van der Waals surface area (Å²) in [5.74, 6) is 2.41. The third-order valence-corrected chi connectivity index (χ3v) is 4.96. The Morgan fingerprint density at radius 1 is 0.821 bits per heavy atom. The highest BCUT2D eigenvalue weighted by Crippen LogP contribution is 2.35. The number of benzene rings is 3. The van der Waals surface area contributed by atoms with Crippen LogP contribution in [-0.2, 0) is 0 Å². The summed E-state index contributed by atoms with van der Waals surface area (Å²) >= 11 is 0. The molecule has 2 N–H and O–H groups in total. The molecule has 4 nitrogen and oxygen atoms in total. The molecule has 2 aromatic heterocycles. The Morgan fingerprint density at radius 2 is 1.64 bits per heavy atom. The van der Waals surface area contributed by atoms with Crippen LogP contribution in [0, 0.1) is 6.92 Å². The lowest BCUT2D eigenvalue weighted by molar-refractivity contribution is 0.480. The monoisotopic (exact) mass is 365 g/mol. The maximum atomic E-state index is 6.17. The maximum absolute atomic E-state index is 6.17. The van der Waals surface area contributed by atoms with Gasteiger partial charge in [0.1, 0.15) is 17.3 Å². The third-order valence-electron chi connectivity index (χ3n) is 4.96. The van der Waals surface area contributed by atoms with Gasteiger partial charge in [0.05, 0.1) is 11.0 Å². The van der Waals surface area contributed by atoms with Crippen LogP contribution in [0.1, 0.15) is 5.56 Å². The minimum absolute atomic E-state index is 0.685. The number of fused-ring (bicyclic) bond motifs is 3. The highest BCUT2D eigenvalue weighted by Gasteiger charge is 2.14. The summed E-state index contributed by atoms with van der Waals surface area (Å²) in [4.78, 5) is 4.57. The molecule has 0 aliphatic rings. The van der Waals surface area contributed by atoms with Crippen molar-refractivity contribution in [1.82, 2.24) is 9.55 Å². The average molecular weight is 365 g/mol. The van der Waals surface area contributed by atoms with E-state index in [0.717, 1.165) is 39.3 Å². The molecule has 4 heteroatoms. The number of hydrogen-bond donors (Lipinski definition) is 1. The highest BCUT2D eigenvalue weighted by atomic mass is 16.5. The van der Waals surface area contributed by atoms with Crippen LogP contribution in [0.4, 0.5) is 5.69 Å². The van der Waals surface area contributed by atoms with E-state index in [1.165, 1.54) is 5.39 Å². The van der Waals surface area contributed by atoms with E-state index in [0.29, 0.717) is 5.69 Å². The van der Waals surface area contributed by atoms with E-state index in [4.69, 9.17) is 10.5 Å². The van der Waals surface area contributed by atoms with Crippen molar-refractivity contribution in [2.45, 2.75) is 6.92 Å². The second-order valence-corrected chi connectivity index (χ2v) is 6.85. The zero-order valence-electron chi connectivity index (χ0n) is 15.5. The Kier molecular flexibility index (Phi) is 3.76. The molecule has 0 aliphatic carbocycles. The molecule has 0 aliphatic heterocycles. The van der Waals surface area contributed by atoms with Gasteiger partial charge in [0.25, 0.3) is 0 Å². The van der Waals surface area contributed by atoms with E-state index in [1.807, 2.05) is 61.7 Å². The summed E-state index contributed by atoms with van der Waals surface area (Å²) < 4.78 is 8.34. The first-order valence-corrected chi connectivity index (χ1v) is 9.19. The van der Waals surface area contributed by atoms with E-state index in [-0.39, 0.29) is 0 Å². The highest BCUT2D eigenvalue weighted by molar-refractivity contribution is 6.09. The number of pyridine rings is 1. The maximum Gasteiger partial charge on any atom is 0.137 e. The number of rotatable bonds is 3. The summed E-state index contributed by atoms with van der Waals surface area (Å²) in [6, 6.07) is 26.2. The third kappa shape index (κ3) is 2.67. The summed E-state index contributed by atoms with van der Waals surface area (Å²) in [6.07, 6.45) is 1.81. The first kappa shape index (κ1) is 16.4. The van der Waals surface area contributed by atoms with Gasteiger partial charge < -0.3 is 10.5 Å². The number of anilines is 1. The van der Waals surface area contributed by atoms with Crippen molar-refractivity contribution in [3.8, 4) is 17.3 Å². The van der Waals surface area contributed by atoms with Crippen molar-refractivity contribution in [3.05, 3.63) is 90.6 Å². The number of aromatic nitrogens is 2. The average Bonchev–Trinajstić information content (AvgIpc) is 3.05. The van der Waals surface area contributed by atoms with Crippen LogP contribution in [0.25, 0.3) is 27.6 Å². The van der Waals surface area contributed by atoms with Gasteiger partial charge in [-0.2, -0.15) is 0 Å². The fourth-order valence-electron chi connectivity index (χ4n) is 3.60. The Morgan fingerprint density at radius 3 is 2.50 bits per heavy atom. The Labute approximate surface area is 162 Å². The van der Waals surface area contributed by atoms with Crippen LogP contribution in [0.3, 0.4) is 0 Å². The first-order chi connectivity index (χ1) is 13.7. The molecule has 5 aromatic rings. The van der Waals surface area contributed by atoms with Gasteiger partial charge in [-0.25, -0.2) is 4.98 Å². The van der Waals surface area contributed by atoms with E-state index < -0.39 is 0 Å². The molecular weight excluding hydrogens is 346 g/mol. The van der Waals surface area contributed by atoms with Gasteiger partial charge in [0, 0.05) is 34.8 Å². The molecule has 5 rings (SSSR count). The number of hydrogen-bond acceptors (Lipinski definition) is 3. The molecule has 2 heterocycles. The zero-order valence-corrected chi connectivity index (χ0v) is 15.5. The topological polar surface area (TPSA) is 53.1 Å². The molecule has 136 valence electrons. The summed E-state index contributed by atoms with van der Waals surface area (Å²) in [5.41, 5.74) is 9.83. The van der Waals surface area contributed by atoms with Gasteiger partial charge in [-0.05, 0) is 48.9 Å². The number of nitrogens with two attached hydrogens (primary N) is 1. The lowest BCUT2D eigenvalue weighted by Crippen LogP contribution is -1.96. The van der Waals surface area contributed by atoms with E-state index in [2.05, 4.69) is 39.9 Å². The SMILES string of the molecule is Cc1ccc(N)cc1Oc1ccc2c3ccccc3n(-c3ccccn3)c2c1. The molecule has 0 fully saturated rings. The Balaban J connectivity index is 1.73. The zero-order chi connectivity index (χ0) is 19.1. The van der Waals surface area contributed by atoms with Gasteiger partial charge in [0.2, 0.25) is 0 Å². The standard InChI is InChI=1S/C24H19N3O/c1-16-9-10-17(25)14-23(16)28-18-11-12-20-19-6-2-3-7-21(19)27(22(20)15-18)24-8-4-5-13-26-24/h2-15H,25H2,1H3. The minimum atomic E-state index is 0.685. The van der Waals surface area contributed by atoms with Gasteiger partial charge >= 0.3 is 0 Å². The van der Waals surface area contributed by atoms with Gasteiger partial charge in [-0.15, -0.1) is 0 Å². The van der Waals surface area contributed by atoms with Crippen molar-refractivity contribution >= 4 is 27.5 Å². The number of nitrogen functional groups attached to an aromatic ring is 1. The van der Waals surface area contributed by atoms with Crippen LogP contribution in [0.2, 0.25) is 0 Å². The van der Waals surface area contributed by atoms with Crippen LogP contribution in [0.15, 0.2) is 85.1 Å². The van der Waals surface area contributed by atoms with Crippen molar-refractivity contribution in [2.75, 3.05) is 5.73 Å². The Hall–Kier alpha value is -3.79.